The van der Waals surface area contributed by atoms with Gasteiger partial charge in [-0.3, -0.25) is 0 Å². The fourth-order valence-electron chi connectivity index (χ4n) is 2.47. The van der Waals surface area contributed by atoms with E-state index >= 15 is 0 Å². The van der Waals surface area contributed by atoms with Gasteiger partial charge in [-0.15, -0.1) is 0 Å². The van der Waals surface area contributed by atoms with Crippen LogP contribution in [0.15, 0.2) is 28.8 Å². The lowest BCUT2D eigenvalue weighted by Gasteiger charge is -2.17. The van der Waals surface area contributed by atoms with Crippen LogP contribution < -0.4 is 10.6 Å². The first-order valence-corrected chi connectivity index (χ1v) is 7.29. The Morgan fingerprint density at radius 1 is 1.39 bits per heavy atom. The van der Waals surface area contributed by atoms with Gasteiger partial charge in [-0.2, -0.15) is 0 Å². The van der Waals surface area contributed by atoms with Crippen LogP contribution >= 0.6 is 0 Å². The van der Waals surface area contributed by atoms with Gasteiger partial charge in [0.25, 0.3) is 0 Å². The van der Waals surface area contributed by atoms with E-state index < -0.39 is 18.0 Å². The molecule has 0 saturated heterocycles. The molecular weight excluding hydrogens is 301 g/mol. The Balaban J connectivity index is 1.89. The number of rotatable bonds is 5. The van der Waals surface area contributed by atoms with Crippen LogP contribution in [0.5, 0.6) is 0 Å². The Kier molecular flexibility index (Phi) is 5.33. The van der Waals surface area contributed by atoms with E-state index in [1.54, 1.807) is 26.8 Å². The molecule has 1 aromatic heterocycles. The number of carbonyl (C=O) groups is 1. The SMILES string of the molecule is Cc1noc(C)c1C(C)NC(=O)NCC(O)c1ccccc1F. The van der Waals surface area contributed by atoms with Crippen LogP contribution in [0.2, 0.25) is 0 Å². The van der Waals surface area contributed by atoms with Crippen LogP contribution in [-0.4, -0.2) is 22.8 Å². The predicted octanol–water partition coefficient (Wildman–Crippen LogP) is 2.52. The Morgan fingerprint density at radius 3 is 2.70 bits per heavy atom. The molecule has 0 aliphatic carbocycles. The van der Waals surface area contributed by atoms with Gasteiger partial charge in [0.1, 0.15) is 11.6 Å². The van der Waals surface area contributed by atoms with Crippen molar-refractivity contribution < 1.29 is 18.8 Å². The Morgan fingerprint density at radius 2 is 2.09 bits per heavy atom. The molecule has 2 amide bonds. The summed E-state index contributed by atoms with van der Waals surface area (Å²) in [5.41, 5.74) is 1.67. The maximum Gasteiger partial charge on any atom is 0.315 e. The van der Waals surface area contributed by atoms with Crippen molar-refractivity contribution >= 4 is 6.03 Å². The molecule has 2 aromatic rings. The number of nitrogens with one attached hydrogen (secondary N) is 2. The smallest absolute Gasteiger partial charge is 0.315 e. The highest BCUT2D eigenvalue weighted by Gasteiger charge is 2.19. The average molecular weight is 321 g/mol. The van der Waals surface area contributed by atoms with E-state index in [2.05, 4.69) is 15.8 Å². The number of aliphatic hydroxyl groups is 1. The largest absolute Gasteiger partial charge is 0.386 e. The zero-order chi connectivity index (χ0) is 17.0. The standard InChI is InChI=1S/C16H20FN3O3/c1-9(15-10(2)20-23-11(15)3)19-16(22)18-8-14(21)12-6-4-5-7-13(12)17/h4-7,9,14,21H,8H2,1-3H3,(H2,18,19,22). The highest BCUT2D eigenvalue weighted by atomic mass is 19.1. The van der Waals surface area contributed by atoms with E-state index in [-0.39, 0.29) is 18.2 Å². The van der Waals surface area contributed by atoms with Crippen LogP contribution in [0.25, 0.3) is 0 Å². The van der Waals surface area contributed by atoms with Gasteiger partial charge < -0.3 is 20.3 Å². The van der Waals surface area contributed by atoms with Crippen molar-refractivity contribution in [1.29, 1.82) is 0 Å². The van der Waals surface area contributed by atoms with Gasteiger partial charge in [-0.1, -0.05) is 23.4 Å². The number of aromatic nitrogens is 1. The van der Waals surface area contributed by atoms with Gasteiger partial charge in [-0.25, -0.2) is 9.18 Å². The minimum Gasteiger partial charge on any atom is -0.386 e. The van der Waals surface area contributed by atoms with Crippen molar-refractivity contribution in [3.05, 3.63) is 52.7 Å². The summed E-state index contributed by atoms with van der Waals surface area (Å²) in [7, 11) is 0. The maximum absolute atomic E-state index is 13.5. The third-order valence-corrected chi connectivity index (χ3v) is 3.59. The summed E-state index contributed by atoms with van der Waals surface area (Å²) < 4.78 is 18.6. The van der Waals surface area contributed by atoms with Crippen molar-refractivity contribution in [3.8, 4) is 0 Å². The first-order chi connectivity index (χ1) is 10.9. The molecular formula is C16H20FN3O3. The molecule has 0 fully saturated rings. The van der Waals surface area contributed by atoms with E-state index in [1.165, 1.54) is 18.2 Å². The van der Waals surface area contributed by atoms with Crippen molar-refractivity contribution in [2.45, 2.75) is 32.9 Å². The molecule has 0 saturated carbocycles. The normalized spacial score (nSPS) is 13.4. The molecule has 0 radical (unpaired) electrons. The van der Waals surface area contributed by atoms with Gasteiger partial charge in [-0.05, 0) is 26.8 Å². The molecule has 2 atom stereocenters. The number of halogens is 1. The summed E-state index contributed by atoms with van der Waals surface area (Å²) >= 11 is 0. The topological polar surface area (TPSA) is 87.4 Å². The molecule has 0 aliphatic rings. The van der Waals surface area contributed by atoms with Crippen LogP contribution in [0.3, 0.4) is 0 Å². The molecule has 7 heteroatoms. The van der Waals surface area contributed by atoms with E-state index in [0.717, 1.165) is 5.56 Å². The number of nitrogens with zero attached hydrogens (tertiary/aromatic N) is 1. The number of carbonyl (C=O) groups excluding carboxylic acids is 1. The number of hydrogen-bond donors (Lipinski definition) is 3. The molecule has 0 bridgehead atoms. The lowest BCUT2D eigenvalue weighted by Crippen LogP contribution is -2.39. The number of benzene rings is 1. The van der Waals surface area contributed by atoms with Crippen LogP contribution in [0, 0.1) is 19.7 Å². The Bertz CT molecular complexity index is 667. The summed E-state index contributed by atoms with van der Waals surface area (Å²) in [5.74, 6) is 0.132. The fourth-order valence-corrected chi connectivity index (χ4v) is 2.47. The van der Waals surface area contributed by atoms with Crippen LogP contribution in [0.4, 0.5) is 9.18 Å². The van der Waals surface area contributed by atoms with E-state index in [9.17, 15) is 14.3 Å². The molecule has 23 heavy (non-hydrogen) atoms. The molecule has 2 rings (SSSR count). The highest BCUT2D eigenvalue weighted by Crippen LogP contribution is 2.20. The average Bonchev–Trinajstić information content (AvgIpc) is 2.84. The van der Waals surface area contributed by atoms with Crippen molar-refractivity contribution in [2.75, 3.05) is 6.54 Å². The third-order valence-electron chi connectivity index (χ3n) is 3.59. The predicted molar refractivity (Wildman–Crippen MR) is 82.3 cm³/mol. The number of urea groups is 1. The minimum absolute atomic E-state index is 0.0961. The summed E-state index contributed by atoms with van der Waals surface area (Å²) in [6.07, 6.45) is -1.11. The Hall–Kier alpha value is -2.41. The zero-order valence-electron chi connectivity index (χ0n) is 13.3. The van der Waals surface area contributed by atoms with E-state index in [0.29, 0.717) is 11.5 Å². The van der Waals surface area contributed by atoms with Crippen LogP contribution in [-0.2, 0) is 0 Å². The van der Waals surface area contributed by atoms with E-state index in [1.807, 2.05) is 0 Å². The molecule has 1 heterocycles. The molecule has 3 N–H and O–H groups in total. The molecule has 0 spiro atoms. The summed E-state index contributed by atoms with van der Waals surface area (Å²) in [6, 6.07) is 5.14. The molecule has 1 aromatic carbocycles. The van der Waals surface area contributed by atoms with Gasteiger partial charge >= 0.3 is 6.03 Å². The van der Waals surface area contributed by atoms with E-state index in [4.69, 9.17) is 4.52 Å². The van der Waals surface area contributed by atoms with Gasteiger partial charge in [0.15, 0.2) is 0 Å². The van der Waals surface area contributed by atoms with Crippen LogP contribution in [0.1, 0.15) is 41.7 Å². The first-order valence-electron chi connectivity index (χ1n) is 7.29. The first kappa shape index (κ1) is 17.0. The second-order valence-electron chi connectivity index (χ2n) is 5.35. The van der Waals surface area contributed by atoms with Crippen molar-refractivity contribution in [2.24, 2.45) is 0 Å². The zero-order valence-corrected chi connectivity index (χ0v) is 13.3. The summed E-state index contributed by atoms with van der Waals surface area (Å²) in [5, 5.41) is 19.0. The quantitative estimate of drug-likeness (QED) is 0.789. The Labute approximate surface area is 133 Å². The minimum atomic E-state index is -1.11. The van der Waals surface area contributed by atoms with Crippen molar-refractivity contribution in [3.63, 3.8) is 0 Å². The van der Waals surface area contributed by atoms with Gasteiger partial charge in [0, 0.05) is 17.7 Å². The number of amides is 2. The van der Waals surface area contributed by atoms with Gasteiger partial charge in [0.2, 0.25) is 0 Å². The fraction of sp³-hybridized carbons (Fsp3) is 0.375. The number of hydrogen-bond acceptors (Lipinski definition) is 4. The van der Waals surface area contributed by atoms with Gasteiger partial charge in [0.05, 0.1) is 17.8 Å². The van der Waals surface area contributed by atoms with Crippen molar-refractivity contribution in [1.82, 2.24) is 15.8 Å². The number of aliphatic hydroxyl groups excluding tert-OH is 1. The third kappa shape index (κ3) is 4.07. The second-order valence-corrected chi connectivity index (χ2v) is 5.35. The summed E-state index contributed by atoms with van der Waals surface area (Å²) in [6.45, 7) is 5.28. The lowest BCUT2D eigenvalue weighted by molar-refractivity contribution is 0.168. The molecule has 124 valence electrons. The number of aryl methyl sites for hydroxylation is 2. The molecule has 6 nitrogen and oxygen atoms in total. The monoisotopic (exact) mass is 321 g/mol. The molecule has 2 unspecified atom stereocenters. The molecule has 0 aliphatic heterocycles. The highest BCUT2D eigenvalue weighted by molar-refractivity contribution is 5.74. The second kappa shape index (κ2) is 7.23. The lowest BCUT2D eigenvalue weighted by atomic mass is 10.1. The summed E-state index contributed by atoms with van der Waals surface area (Å²) in [4.78, 5) is 11.9. The maximum atomic E-state index is 13.5.